The number of thioether (sulfide) groups is 1. The van der Waals surface area contributed by atoms with Crippen LogP contribution in [-0.2, 0) is 23.0 Å². The van der Waals surface area contributed by atoms with Crippen molar-refractivity contribution in [2.75, 3.05) is 22.4 Å². The highest BCUT2D eigenvalue weighted by molar-refractivity contribution is 7.99. The molecule has 0 bridgehead atoms. The molecule has 0 atom stereocenters. The lowest BCUT2D eigenvalue weighted by molar-refractivity contribution is 0.102. The number of rotatable bonds is 8. The number of Topliss-reactive ketones (excluding diaryl/α,β-unsaturated/α-hetero) is 1. The van der Waals surface area contributed by atoms with Crippen LogP contribution in [0, 0.1) is 0 Å². The van der Waals surface area contributed by atoms with E-state index in [1.165, 1.54) is 16.1 Å². The Labute approximate surface area is 180 Å². The van der Waals surface area contributed by atoms with Crippen LogP contribution in [-0.4, -0.2) is 41.8 Å². The molecule has 2 aromatic carbocycles. The number of benzene rings is 2. The van der Waals surface area contributed by atoms with Gasteiger partial charge < -0.3 is 4.57 Å². The second-order valence-electron chi connectivity index (χ2n) is 7.06. The fourth-order valence-corrected chi connectivity index (χ4v) is 5.75. The van der Waals surface area contributed by atoms with Crippen molar-refractivity contribution in [3.05, 3.63) is 66.2 Å². The summed E-state index contributed by atoms with van der Waals surface area (Å²) >= 11 is 1.41. The van der Waals surface area contributed by atoms with Gasteiger partial charge in [-0.3, -0.25) is 9.10 Å². The van der Waals surface area contributed by atoms with Gasteiger partial charge in [-0.1, -0.05) is 30.0 Å². The number of anilines is 1. The number of aromatic nitrogens is 2. The quantitative estimate of drug-likeness (QED) is 0.301. The maximum absolute atomic E-state index is 12.8. The third-order valence-corrected chi connectivity index (χ3v) is 7.98. The number of nitrogens with zero attached hydrogens (tertiary/aromatic N) is 3. The minimum Gasteiger partial charge on any atom is -0.315 e. The standard InChI is InChI=1S/C22H23N3O3S2/c1-3-12-24-20-8-6-5-7-18(20)23-22(24)29-15-21(26)17-9-10-19-16(14-17)11-13-25(19)30(27,28)4-2/h3,5-10,14H,1,4,11-13,15H2,2H3. The highest BCUT2D eigenvalue weighted by Crippen LogP contribution is 2.32. The molecule has 8 heteroatoms. The maximum Gasteiger partial charge on any atom is 0.234 e. The van der Waals surface area contributed by atoms with E-state index in [-0.39, 0.29) is 17.3 Å². The molecule has 6 nitrogen and oxygen atoms in total. The molecular weight excluding hydrogens is 418 g/mol. The molecule has 0 radical (unpaired) electrons. The molecule has 0 N–H and O–H groups in total. The van der Waals surface area contributed by atoms with E-state index in [4.69, 9.17) is 0 Å². The molecular formula is C22H23N3O3S2. The van der Waals surface area contributed by atoms with E-state index in [2.05, 4.69) is 16.1 Å². The molecule has 0 aliphatic carbocycles. The van der Waals surface area contributed by atoms with Crippen molar-refractivity contribution in [3.8, 4) is 0 Å². The average molecular weight is 442 g/mol. The van der Waals surface area contributed by atoms with Crippen LogP contribution in [0.5, 0.6) is 0 Å². The highest BCUT2D eigenvalue weighted by atomic mass is 32.2. The predicted molar refractivity (Wildman–Crippen MR) is 122 cm³/mol. The normalized spacial score (nSPS) is 13.6. The summed E-state index contributed by atoms with van der Waals surface area (Å²) in [4.78, 5) is 17.5. The van der Waals surface area contributed by atoms with E-state index < -0.39 is 10.0 Å². The molecule has 30 heavy (non-hydrogen) atoms. The third kappa shape index (κ3) is 3.77. The van der Waals surface area contributed by atoms with Crippen LogP contribution in [0.1, 0.15) is 22.8 Å². The lowest BCUT2D eigenvalue weighted by atomic mass is 10.1. The summed E-state index contributed by atoms with van der Waals surface area (Å²) < 4.78 is 28.0. The zero-order valence-electron chi connectivity index (χ0n) is 16.7. The van der Waals surface area contributed by atoms with Crippen LogP contribution in [0.25, 0.3) is 11.0 Å². The molecule has 156 valence electrons. The Bertz CT molecular complexity index is 1230. The highest BCUT2D eigenvalue weighted by Gasteiger charge is 2.28. The lowest BCUT2D eigenvalue weighted by Crippen LogP contribution is -2.30. The molecule has 1 aromatic heterocycles. The van der Waals surface area contributed by atoms with Crippen LogP contribution in [0.15, 0.2) is 60.3 Å². The van der Waals surface area contributed by atoms with Crippen LogP contribution >= 0.6 is 11.8 Å². The van der Waals surface area contributed by atoms with Gasteiger partial charge in [0.15, 0.2) is 10.9 Å². The van der Waals surface area contributed by atoms with Gasteiger partial charge >= 0.3 is 0 Å². The van der Waals surface area contributed by atoms with Gasteiger partial charge in [-0.05, 0) is 49.2 Å². The van der Waals surface area contributed by atoms with E-state index >= 15 is 0 Å². The SMILES string of the molecule is C=CCn1c(SCC(=O)c2ccc3c(c2)CCN3S(=O)(=O)CC)nc2ccccc21. The topological polar surface area (TPSA) is 72.3 Å². The van der Waals surface area contributed by atoms with Crippen LogP contribution in [0.4, 0.5) is 5.69 Å². The van der Waals surface area contributed by atoms with Gasteiger partial charge in [0.25, 0.3) is 0 Å². The van der Waals surface area contributed by atoms with Gasteiger partial charge in [0.1, 0.15) is 0 Å². The summed E-state index contributed by atoms with van der Waals surface area (Å²) in [6, 6.07) is 13.2. The summed E-state index contributed by atoms with van der Waals surface area (Å²) in [6.07, 6.45) is 2.44. The fraction of sp³-hybridized carbons (Fsp3) is 0.273. The molecule has 0 saturated carbocycles. The summed E-state index contributed by atoms with van der Waals surface area (Å²) in [5.74, 6) is 0.322. The van der Waals surface area contributed by atoms with Crippen molar-refractivity contribution in [3.63, 3.8) is 0 Å². The van der Waals surface area contributed by atoms with Crippen LogP contribution in [0.3, 0.4) is 0 Å². The Morgan fingerprint density at radius 2 is 2.07 bits per heavy atom. The molecule has 1 aliphatic rings. The summed E-state index contributed by atoms with van der Waals surface area (Å²) in [5, 5.41) is 0.783. The molecule has 0 saturated heterocycles. The summed E-state index contributed by atoms with van der Waals surface area (Å²) in [5.41, 5.74) is 4.10. The van der Waals surface area contributed by atoms with Crippen LogP contribution < -0.4 is 4.31 Å². The molecule has 1 aliphatic heterocycles. The minimum absolute atomic E-state index is 0.00296. The van der Waals surface area contributed by atoms with E-state index in [1.54, 1.807) is 19.1 Å². The van der Waals surface area contributed by atoms with E-state index in [9.17, 15) is 13.2 Å². The van der Waals surface area contributed by atoms with Gasteiger partial charge in [0, 0.05) is 18.7 Å². The first-order valence-corrected chi connectivity index (χ1v) is 12.4. The van der Waals surface area contributed by atoms with Crippen molar-refractivity contribution in [1.82, 2.24) is 9.55 Å². The van der Waals surface area contributed by atoms with Crippen molar-refractivity contribution in [1.29, 1.82) is 0 Å². The number of imidazole rings is 1. The Morgan fingerprint density at radius 1 is 1.27 bits per heavy atom. The molecule has 0 spiro atoms. The lowest BCUT2D eigenvalue weighted by Gasteiger charge is -2.18. The first-order chi connectivity index (χ1) is 14.4. The van der Waals surface area contributed by atoms with Crippen molar-refractivity contribution < 1.29 is 13.2 Å². The van der Waals surface area contributed by atoms with Gasteiger partial charge in [-0.15, -0.1) is 6.58 Å². The van der Waals surface area contributed by atoms with Crippen molar-refractivity contribution >= 4 is 44.3 Å². The molecule has 2 heterocycles. The van der Waals surface area contributed by atoms with Gasteiger partial charge in [0.05, 0.1) is 28.2 Å². The monoisotopic (exact) mass is 441 g/mol. The summed E-state index contributed by atoms with van der Waals surface area (Å²) in [6.45, 7) is 6.52. The Balaban J connectivity index is 1.53. The number of carbonyl (C=O) groups excluding carboxylic acids is 1. The summed E-state index contributed by atoms with van der Waals surface area (Å²) in [7, 11) is -3.29. The molecule has 4 rings (SSSR count). The van der Waals surface area contributed by atoms with Gasteiger partial charge in [-0.2, -0.15) is 0 Å². The predicted octanol–water partition coefficient (Wildman–Crippen LogP) is 3.91. The number of hydrogen-bond acceptors (Lipinski definition) is 5. The van der Waals surface area contributed by atoms with Crippen molar-refractivity contribution in [2.24, 2.45) is 0 Å². The Kier molecular flexibility index (Phi) is 5.71. The number of para-hydroxylation sites is 2. The van der Waals surface area contributed by atoms with E-state index in [1.807, 2.05) is 36.4 Å². The largest absolute Gasteiger partial charge is 0.315 e. The maximum atomic E-state index is 12.8. The number of fused-ring (bicyclic) bond motifs is 2. The zero-order chi connectivity index (χ0) is 21.3. The van der Waals surface area contributed by atoms with E-state index in [0.717, 1.165) is 21.8 Å². The fourth-order valence-electron chi connectivity index (χ4n) is 3.67. The molecule has 0 amide bonds. The van der Waals surface area contributed by atoms with Gasteiger partial charge in [-0.25, -0.2) is 13.4 Å². The average Bonchev–Trinajstić information content (AvgIpc) is 3.34. The van der Waals surface area contributed by atoms with E-state index in [0.29, 0.717) is 30.8 Å². The number of allylic oxidation sites excluding steroid dienone is 1. The second-order valence-corrected chi connectivity index (χ2v) is 10.2. The number of carbonyl (C=O) groups is 1. The molecule has 0 fully saturated rings. The zero-order valence-corrected chi connectivity index (χ0v) is 18.4. The van der Waals surface area contributed by atoms with Crippen LogP contribution in [0.2, 0.25) is 0 Å². The van der Waals surface area contributed by atoms with Gasteiger partial charge in [0.2, 0.25) is 10.0 Å². The Hall–Kier alpha value is -2.58. The number of sulfonamides is 1. The first-order valence-electron chi connectivity index (χ1n) is 9.80. The Morgan fingerprint density at radius 3 is 2.83 bits per heavy atom. The third-order valence-electron chi connectivity index (χ3n) is 5.22. The smallest absolute Gasteiger partial charge is 0.234 e. The van der Waals surface area contributed by atoms with Crippen molar-refractivity contribution in [2.45, 2.75) is 25.0 Å². The second kappa shape index (κ2) is 8.28. The first kappa shape index (κ1) is 20.7. The molecule has 0 unspecified atom stereocenters. The number of ketones is 1. The minimum atomic E-state index is -3.29. The molecule has 3 aromatic rings. The number of hydrogen-bond donors (Lipinski definition) is 0.